The van der Waals surface area contributed by atoms with E-state index in [1.165, 1.54) is 20.1 Å². The van der Waals surface area contributed by atoms with Gasteiger partial charge in [0.2, 0.25) is 23.0 Å². The Labute approximate surface area is 258 Å². The number of aryl methyl sites for hydroxylation is 1. The van der Waals surface area contributed by atoms with Crippen molar-refractivity contribution in [1.82, 2.24) is 10.6 Å². The van der Waals surface area contributed by atoms with Gasteiger partial charge in [0.05, 0.1) is 33.1 Å². The number of fused-ring (bicyclic) bond motifs is 3. The second-order valence-electron chi connectivity index (χ2n) is 11.1. The quantitative estimate of drug-likeness (QED) is 0.214. The molecule has 0 spiro atoms. The number of anilines is 1. The second-order valence-corrected chi connectivity index (χ2v) is 11.1. The van der Waals surface area contributed by atoms with Crippen molar-refractivity contribution in [1.29, 1.82) is 0 Å². The number of carbonyl (C=O) groups excluding carboxylic acids is 2. The number of hydrogen-bond donors (Lipinski definition) is 4. The summed E-state index contributed by atoms with van der Waals surface area (Å²) in [6, 6.07) is 5.79. The van der Waals surface area contributed by atoms with E-state index < -0.39 is 18.1 Å². The monoisotopic (exact) mass is 611 g/mol. The molecule has 0 aliphatic heterocycles. The molecule has 0 radical (unpaired) electrons. The van der Waals surface area contributed by atoms with Crippen LogP contribution < -0.4 is 35.6 Å². The zero-order valence-electron chi connectivity index (χ0n) is 26.5. The summed E-state index contributed by atoms with van der Waals surface area (Å²) in [7, 11) is 4.63. The van der Waals surface area contributed by atoms with E-state index in [0.717, 1.165) is 11.1 Å². The molecule has 4 N–H and O–H groups in total. The van der Waals surface area contributed by atoms with E-state index in [4.69, 9.17) is 19.3 Å². The molecule has 0 heterocycles. The lowest BCUT2D eigenvalue weighted by Crippen LogP contribution is -2.44. The molecule has 1 aliphatic rings. The van der Waals surface area contributed by atoms with Gasteiger partial charge in [-0.1, -0.05) is 32.8 Å². The Morgan fingerprint density at radius 1 is 1.02 bits per heavy atom. The van der Waals surface area contributed by atoms with Crippen LogP contribution in [0.1, 0.15) is 76.5 Å². The standard InChI is InChI=1S/C33H45N3O8/c1-7-19(2)30(33(41)34-16-10-8-9-11-28(39)40)36-25-15-13-22-23(18-26(25)38)24(35-20(3)37)14-12-21-17-27(42-4)31(43-5)32(44-6)29(21)22/h13,15,17-19,24,30H,7-12,14,16H2,1-6H3,(H,34,41)(H,35,37)(H,36,38)(H,39,40)/t19-,24-,30-/m0/s1. The summed E-state index contributed by atoms with van der Waals surface area (Å²) in [6.07, 6.45) is 3.82. The zero-order valence-corrected chi connectivity index (χ0v) is 26.5. The van der Waals surface area contributed by atoms with Crippen LogP contribution in [0.15, 0.2) is 29.1 Å². The second kappa shape index (κ2) is 16.0. The van der Waals surface area contributed by atoms with Crippen LogP contribution in [0.4, 0.5) is 5.69 Å². The molecule has 0 bridgehead atoms. The van der Waals surface area contributed by atoms with E-state index in [-0.39, 0.29) is 35.3 Å². The van der Waals surface area contributed by atoms with Crippen LogP contribution in [0.2, 0.25) is 0 Å². The van der Waals surface area contributed by atoms with Crippen molar-refractivity contribution in [3.05, 3.63) is 45.6 Å². The van der Waals surface area contributed by atoms with Crippen LogP contribution in [0.25, 0.3) is 11.1 Å². The van der Waals surface area contributed by atoms with Gasteiger partial charge >= 0.3 is 5.97 Å². The van der Waals surface area contributed by atoms with Crippen LogP contribution in [0, 0.1) is 5.92 Å². The third-order valence-electron chi connectivity index (χ3n) is 8.09. The lowest BCUT2D eigenvalue weighted by molar-refractivity contribution is -0.137. The van der Waals surface area contributed by atoms with Crippen LogP contribution >= 0.6 is 0 Å². The molecule has 3 rings (SSSR count). The SMILES string of the molecule is CC[C@H](C)[C@H](Nc1ccc2c(cc1=O)[C@@H](NC(C)=O)CCc1cc(OC)c(OC)c(OC)c1-2)C(=O)NCCCCCC(=O)O. The number of ether oxygens (including phenoxy) is 3. The molecule has 0 aromatic heterocycles. The predicted octanol–water partition coefficient (Wildman–Crippen LogP) is 4.45. The predicted molar refractivity (Wildman–Crippen MR) is 169 cm³/mol. The molecule has 2 aromatic rings. The average Bonchev–Trinajstić information content (AvgIpc) is 3.24. The lowest BCUT2D eigenvalue weighted by Gasteiger charge is -2.24. The summed E-state index contributed by atoms with van der Waals surface area (Å²) in [6.45, 7) is 5.78. The van der Waals surface area contributed by atoms with Crippen LogP contribution in [-0.2, 0) is 20.8 Å². The highest BCUT2D eigenvalue weighted by atomic mass is 16.5. The maximum atomic E-state index is 13.8. The number of hydrogen-bond acceptors (Lipinski definition) is 8. The Bertz CT molecular complexity index is 1410. The minimum Gasteiger partial charge on any atom is -0.493 e. The number of carboxylic acids is 1. The number of unbranched alkanes of at least 4 members (excludes halogenated alkanes) is 2. The number of rotatable bonds is 15. The van der Waals surface area contributed by atoms with Crippen molar-refractivity contribution < 1.29 is 33.7 Å². The Kier molecular flexibility index (Phi) is 12.4. The fourth-order valence-electron chi connectivity index (χ4n) is 5.60. The van der Waals surface area contributed by atoms with E-state index in [9.17, 15) is 19.2 Å². The van der Waals surface area contributed by atoms with Gasteiger partial charge in [-0.2, -0.15) is 0 Å². The highest BCUT2D eigenvalue weighted by Crippen LogP contribution is 2.50. The van der Waals surface area contributed by atoms with Crippen molar-refractivity contribution in [3.8, 4) is 28.4 Å². The van der Waals surface area contributed by atoms with Gasteiger partial charge in [0.1, 0.15) is 6.04 Å². The topological polar surface area (TPSA) is 152 Å². The van der Waals surface area contributed by atoms with Crippen molar-refractivity contribution >= 4 is 23.5 Å². The lowest BCUT2D eigenvalue weighted by atomic mass is 9.95. The zero-order chi connectivity index (χ0) is 32.4. The minimum atomic E-state index is -0.832. The maximum absolute atomic E-state index is 13.8. The number of amides is 2. The molecular weight excluding hydrogens is 566 g/mol. The molecular formula is C33H45N3O8. The van der Waals surface area contributed by atoms with Crippen LogP contribution in [0.3, 0.4) is 0 Å². The first-order valence-corrected chi connectivity index (χ1v) is 15.1. The summed E-state index contributed by atoms with van der Waals surface area (Å²) in [5.41, 5.74) is 2.93. The number of nitrogens with one attached hydrogen (secondary N) is 3. The van der Waals surface area contributed by atoms with Crippen LogP contribution in [0.5, 0.6) is 17.2 Å². The van der Waals surface area contributed by atoms with Crippen LogP contribution in [-0.4, -0.2) is 56.8 Å². The minimum absolute atomic E-state index is 0.0885. The molecule has 1 aliphatic carbocycles. The molecule has 240 valence electrons. The molecule has 11 heteroatoms. The first kappa shape index (κ1) is 34.2. The largest absolute Gasteiger partial charge is 0.493 e. The number of carboxylic acid groups (broad SMARTS) is 1. The number of carbonyl (C=O) groups is 3. The smallest absolute Gasteiger partial charge is 0.303 e. The van der Waals surface area contributed by atoms with E-state index >= 15 is 0 Å². The molecule has 3 atom stereocenters. The Morgan fingerprint density at radius 3 is 2.36 bits per heavy atom. The van der Waals surface area contributed by atoms with Gasteiger partial charge in [-0.05, 0) is 66.5 Å². The number of methoxy groups -OCH3 is 3. The molecule has 2 amide bonds. The first-order chi connectivity index (χ1) is 21.1. The van der Waals surface area contributed by atoms with Gasteiger partial charge in [-0.3, -0.25) is 19.2 Å². The molecule has 2 aromatic carbocycles. The van der Waals surface area contributed by atoms with Crippen molar-refractivity contribution in [2.24, 2.45) is 5.92 Å². The van der Waals surface area contributed by atoms with Gasteiger partial charge in [-0.25, -0.2) is 0 Å². The van der Waals surface area contributed by atoms with Crippen molar-refractivity contribution in [3.63, 3.8) is 0 Å². The molecule has 0 saturated carbocycles. The normalized spacial score (nSPS) is 15.0. The third kappa shape index (κ3) is 8.21. The maximum Gasteiger partial charge on any atom is 0.303 e. The molecule has 0 fully saturated rings. The van der Waals surface area contributed by atoms with Gasteiger partial charge in [0, 0.05) is 25.5 Å². The van der Waals surface area contributed by atoms with Gasteiger partial charge in [-0.15, -0.1) is 0 Å². The average molecular weight is 612 g/mol. The summed E-state index contributed by atoms with van der Waals surface area (Å²) in [4.78, 5) is 50.0. The number of aliphatic carboxylic acids is 1. The first-order valence-electron chi connectivity index (χ1n) is 15.1. The van der Waals surface area contributed by atoms with E-state index in [1.54, 1.807) is 20.3 Å². The summed E-state index contributed by atoms with van der Waals surface area (Å²) in [5, 5.41) is 18.0. The number of benzene rings is 1. The summed E-state index contributed by atoms with van der Waals surface area (Å²) in [5.74, 6) is 0.0173. The molecule has 0 saturated heterocycles. The highest BCUT2D eigenvalue weighted by molar-refractivity contribution is 5.86. The Balaban J connectivity index is 2.06. The van der Waals surface area contributed by atoms with Crippen molar-refractivity contribution in [2.45, 2.75) is 77.8 Å². The van der Waals surface area contributed by atoms with Gasteiger partial charge < -0.3 is 35.3 Å². The molecule has 11 nitrogen and oxygen atoms in total. The van der Waals surface area contributed by atoms with Gasteiger partial charge in [0.25, 0.3) is 0 Å². The Morgan fingerprint density at radius 2 is 1.75 bits per heavy atom. The Hall–Kier alpha value is -4.28. The fourth-order valence-corrected chi connectivity index (χ4v) is 5.60. The molecule has 0 unspecified atom stereocenters. The fraction of sp³-hybridized carbons (Fsp3) is 0.515. The molecule has 44 heavy (non-hydrogen) atoms. The van der Waals surface area contributed by atoms with Crippen molar-refractivity contribution in [2.75, 3.05) is 33.2 Å². The van der Waals surface area contributed by atoms with E-state index in [0.29, 0.717) is 73.4 Å². The summed E-state index contributed by atoms with van der Waals surface area (Å²) < 4.78 is 17.1. The summed E-state index contributed by atoms with van der Waals surface area (Å²) >= 11 is 0. The van der Waals surface area contributed by atoms with E-state index in [2.05, 4.69) is 16.0 Å². The third-order valence-corrected chi connectivity index (χ3v) is 8.09. The van der Waals surface area contributed by atoms with E-state index in [1.807, 2.05) is 26.0 Å². The van der Waals surface area contributed by atoms with Gasteiger partial charge in [0.15, 0.2) is 11.5 Å². The highest BCUT2D eigenvalue weighted by Gasteiger charge is 2.30.